The Morgan fingerprint density at radius 2 is 1.89 bits per heavy atom. The molecule has 1 unspecified atom stereocenters. The maximum absolute atomic E-state index is 15.1. The number of aryl methyl sites for hydroxylation is 1. The van der Waals surface area contributed by atoms with E-state index < -0.39 is 23.5 Å². The third-order valence-corrected chi connectivity index (χ3v) is 6.59. The normalized spacial score (nSPS) is 11.8. The lowest BCUT2D eigenvalue weighted by molar-refractivity contribution is -0.127. The molecule has 5 aromatic rings. The molecular weight excluding hydrogens is 481 g/mol. The minimum Gasteiger partial charge on any atom is -0.453 e. The number of rotatable bonds is 7. The molecule has 0 aliphatic rings. The van der Waals surface area contributed by atoms with Gasteiger partial charge in [-0.2, -0.15) is 0 Å². The molecule has 0 bridgehead atoms. The SMILES string of the molecule is Cn1cnc(-c2cc3nccc(Oc4ccc(C(C(N)=O)C(=O)Nc5ccccc5)cc4F)c3s2)c1. The first-order valence-corrected chi connectivity index (χ1v) is 11.7. The van der Waals surface area contributed by atoms with Crippen LogP contribution in [-0.4, -0.2) is 26.3 Å². The highest BCUT2D eigenvalue weighted by atomic mass is 32.1. The summed E-state index contributed by atoms with van der Waals surface area (Å²) in [6.45, 7) is 0. The fourth-order valence-corrected chi connectivity index (χ4v) is 4.77. The van der Waals surface area contributed by atoms with E-state index in [9.17, 15) is 9.59 Å². The third-order valence-electron chi connectivity index (χ3n) is 5.43. The number of hydrogen-bond donors (Lipinski definition) is 2. The minimum absolute atomic E-state index is 0.0641. The first-order chi connectivity index (χ1) is 17.4. The van der Waals surface area contributed by atoms with Crippen LogP contribution in [0.15, 0.2) is 79.4 Å². The molecule has 0 aliphatic heterocycles. The number of hydrogen-bond acceptors (Lipinski definition) is 6. The van der Waals surface area contributed by atoms with Crippen LogP contribution >= 0.6 is 11.3 Å². The van der Waals surface area contributed by atoms with Crippen molar-refractivity contribution in [2.75, 3.05) is 5.32 Å². The Bertz CT molecular complexity index is 1580. The van der Waals surface area contributed by atoms with Crippen LogP contribution in [0.1, 0.15) is 11.5 Å². The summed E-state index contributed by atoms with van der Waals surface area (Å²) in [5.41, 5.74) is 7.60. The van der Waals surface area contributed by atoms with Gasteiger partial charge in [-0.3, -0.25) is 14.6 Å². The van der Waals surface area contributed by atoms with E-state index in [1.807, 2.05) is 23.9 Å². The number of imidazole rings is 1. The van der Waals surface area contributed by atoms with Gasteiger partial charge in [-0.25, -0.2) is 9.37 Å². The van der Waals surface area contributed by atoms with E-state index in [4.69, 9.17) is 10.5 Å². The number of ether oxygens (including phenoxy) is 1. The van der Waals surface area contributed by atoms with Gasteiger partial charge in [-0.1, -0.05) is 24.3 Å². The van der Waals surface area contributed by atoms with Gasteiger partial charge in [0, 0.05) is 31.2 Å². The van der Waals surface area contributed by atoms with Gasteiger partial charge in [0.25, 0.3) is 0 Å². The molecule has 0 saturated carbocycles. The number of carbonyl (C=O) groups excluding carboxylic acids is 2. The van der Waals surface area contributed by atoms with Crippen molar-refractivity contribution >= 4 is 39.1 Å². The van der Waals surface area contributed by atoms with Crippen LogP contribution in [0.25, 0.3) is 20.8 Å². The smallest absolute Gasteiger partial charge is 0.241 e. The molecule has 0 spiro atoms. The standard InChI is InChI=1S/C26H20FN5O3S/c1-32-13-19(30-14-32)22-12-18-24(36-22)21(9-10-29-18)35-20-8-7-15(11-17(20)27)23(25(28)33)26(34)31-16-5-3-2-4-6-16/h2-14,23H,1H3,(H2,28,33)(H,31,34). The molecule has 0 saturated heterocycles. The van der Waals surface area contributed by atoms with Crippen molar-refractivity contribution in [1.82, 2.24) is 14.5 Å². The van der Waals surface area contributed by atoms with Crippen molar-refractivity contribution < 1.29 is 18.7 Å². The van der Waals surface area contributed by atoms with Crippen LogP contribution in [-0.2, 0) is 16.6 Å². The zero-order chi connectivity index (χ0) is 25.2. The number of amides is 2. The van der Waals surface area contributed by atoms with Crippen LogP contribution < -0.4 is 15.8 Å². The number of benzene rings is 2. The lowest BCUT2D eigenvalue weighted by Crippen LogP contribution is -2.32. The number of nitrogens with zero attached hydrogens (tertiary/aromatic N) is 3. The van der Waals surface area contributed by atoms with Crippen LogP contribution in [0, 0.1) is 5.82 Å². The Morgan fingerprint density at radius 1 is 1.08 bits per heavy atom. The lowest BCUT2D eigenvalue weighted by atomic mass is 9.97. The number of fused-ring (bicyclic) bond motifs is 1. The molecule has 3 aromatic heterocycles. The van der Waals surface area contributed by atoms with Crippen molar-refractivity contribution in [1.29, 1.82) is 0 Å². The molecule has 5 rings (SSSR count). The average Bonchev–Trinajstić information content (AvgIpc) is 3.48. The molecule has 10 heteroatoms. The van der Waals surface area contributed by atoms with E-state index in [1.165, 1.54) is 23.5 Å². The van der Waals surface area contributed by atoms with E-state index in [1.54, 1.807) is 48.9 Å². The summed E-state index contributed by atoms with van der Waals surface area (Å²) in [7, 11) is 1.89. The largest absolute Gasteiger partial charge is 0.453 e. The number of pyridine rings is 1. The van der Waals surface area contributed by atoms with E-state index in [-0.39, 0.29) is 11.3 Å². The summed E-state index contributed by atoms with van der Waals surface area (Å²) < 4.78 is 23.6. The van der Waals surface area contributed by atoms with E-state index in [0.29, 0.717) is 17.0 Å². The highest BCUT2D eigenvalue weighted by molar-refractivity contribution is 7.22. The van der Waals surface area contributed by atoms with Crippen molar-refractivity contribution in [3.05, 3.63) is 90.8 Å². The Morgan fingerprint density at radius 3 is 2.58 bits per heavy atom. The second-order valence-electron chi connectivity index (χ2n) is 8.04. The molecule has 180 valence electrons. The fourth-order valence-electron chi connectivity index (χ4n) is 3.74. The number of thiophene rings is 1. The maximum Gasteiger partial charge on any atom is 0.241 e. The monoisotopic (exact) mass is 501 g/mol. The van der Waals surface area contributed by atoms with E-state index in [0.717, 1.165) is 21.3 Å². The molecule has 36 heavy (non-hydrogen) atoms. The maximum atomic E-state index is 15.1. The molecular formula is C26H20FN5O3S. The summed E-state index contributed by atoms with van der Waals surface area (Å²) in [6, 6.07) is 16.1. The molecule has 0 fully saturated rings. The predicted octanol–water partition coefficient (Wildman–Crippen LogP) is 4.84. The molecule has 3 heterocycles. The van der Waals surface area contributed by atoms with Crippen LogP contribution in [0.2, 0.25) is 0 Å². The molecule has 0 radical (unpaired) electrons. The first kappa shape index (κ1) is 23.2. The van der Waals surface area contributed by atoms with Crippen molar-refractivity contribution in [3.63, 3.8) is 0 Å². The molecule has 2 amide bonds. The van der Waals surface area contributed by atoms with Crippen LogP contribution in [0.3, 0.4) is 0 Å². The summed E-state index contributed by atoms with van der Waals surface area (Å²) >= 11 is 1.43. The molecule has 0 aliphatic carbocycles. The summed E-state index contributed by atoms with van der Waals surface area (Å²) in [4.78, 5) is 34.5. The van der Waals surface area contributed by atoms with E-state index in [2.05, 4.69) is 15.3 Å². The zero-order valence-electron chi connectivity index (χ0n) is 19.0. The number of nitrogens with one attached hydrogen (secondary N) is 1. The minimum atomic E-state index is -1.38. The first-order valence-electron chi connectivity index (χ1n) is 10.9. The third kappa shape index (κ3) is 4.66. The Balaban J connectivity index is 1.41. The number of primary amides is 1. The van der Waals surface area contributed by atoms with Gasteiger partial charge >= 0.3 is 0 Å². The van der Waals surface area contributed by atoms with Gasteiger partial charge in [-0.05, 0) is 35.9 Å². The number of para-hydroxylation sites is 1. The Labute approximate surface area is 209 Å². The lowest BCUT2D eigenvalue weighted by Gasteiger charge is -2.15. The number of halogens is 1. The molecule has 8 nitrogen and oxygen atoms in total. The van der Waals surface area contributed by atoms with Gasteiger partial charge in [0.15, 0.2) is 11.6 Å². The second kappa shape index (κ2) is 9.59. The van der Waals surface area contributed by atoms with Crippen molar-refractivity contribution in [2.24, 2.45) is 12.8 Å². The van der Waals surface area contributed by atoms with Gasteiger partial charge in [0.1, 0.15) is 11.7 Å². The van der Waals surface area contributed by atoms with Crippen LogP contribution in [0.5, 0.6) is 11.5 Å². The number of carbonyl (C=O) groups is 2. The second-order valence-corrected chi connectivity index (χ2v) is 9.09. The summed E-state index contributed by atoms with van der Waals surface area (Å²) in [5.74, 6) is -3.30. The number of anilines is 1. The van der Waals surface area contributed by atoms with Gasteiger partial charge in [0.2, 0.25) is 11.8 Å². The van der Waals surface area contributed by atoms with Gasteiger partial charge in [-0.15, -0.1) is 11.3 Å². The number of aromatic nitrogens is 3. The van der Waals surface area contributed by atoms with Gasteiger partial charge < -0.3 is 20.4 Å². The zero-order valence-corrected chi connectivity index (χ0v) is 19.8. The molecule has 1 atom stereocenters. The van der Waals surface area contributed by atoms with Crippen molar-refractivity contribution in [3.8, 4) is 22.1 Å². The van der Waals surface area contributed by atoms with Crippen LogP contribution in [0.4, 0.5) is 10.1 Å². The van der Waals surface area contributed by atoms with Gasteiger partial charge in [0.05, 0.1) is 27.1 Å². The van der Waals surface area contributed by atoms with E-state index >= 15 is 4.39 Å². The topological polar surface area (TPSA) is 112 Å². The summed E-state index contributed by atoms with van der Waals surface area (Å²) in [5, 5.41) is 2.63. The summed E-state index contributed by atoms with van der Waals surface area (Å²) in [6.07, 6.45) is 5.18. The Kier molecular flexibility index (Phi) is 6.17. The highest BCUT2D eigenvalue weighted by Crippen LogP contribution is 2.39. The fraction of sp³-hybridized carbons (Fsp3) is 0.0769. The van der Waals surface area contributed by atoms with Crippen molar-refractivity contribution in [2.45, 2.75) is 5.92 Å². The average molecular weight is 502 g/mol. The Hall–Kier alpha value is -4.57. The molecule has 2 aromatic carbocycles. The highest BCUT2D eigenvalue weighted by Gasteiger charge is 2.28. The molecule has 3 N–H and O–H groups in total. The predicted molar refractivity (Wildman–Crippen MR) is 135 cm³/mol. The quantitative estimate of drug-likeness (QED) is 0.310. The number of nitrogens with two attached hydrogens (primary N) is 1.